The molecule has 1 aliphatic rings. The molecule has 1 aromatic heterocycles. The second-order valence-corrected chi connectivity index (χ2v) is 6.28. The Kier molecular flexibility index (Phi) is 3.35. The Morgan fingerprint density at radius 3 is 3.00 bits per heavy atom. The molecule has 2 atom stereocenters. The van der Waals surface area contributed by atoms with Crippen LogP contribution in [0.4, 0.5) is 0 Å². The van der Waals surface area contributed by atoms with Gasteiger partial charge in [0.05, 0.1) is 0 Å². The van der Waals surface area contributed by atoms with Gasteiger partial charge in [0.15, 0.2) is 0 Å². The molecular formula is C9H11BrOS2. The molecule has 1 fully saturated rings. The maximum Gasteiger partial charge on any atom is 0.101 e. The van der Waals surface area contributed by atoms with Gasteiger partial charge in [0, 0.05) is 14.6 Å². The van der Waals surface area contributed by atoms with E-state index in [4.69, 9.17) is 0 Å². The van der Waals surface area contributed by atoms with Gasteiger partial charge in [-0.3, -0.25) is 0 Å². The molecule has 0 amide bonds. The summed E-state index contributed by atoms with van der Waals surface area (Å²) in [7, 11) is 0. The summed E-state index contributed by atoms with van der Waals surface area (Å²) in [6.07, 6.45) is 2.12. The summed E-state index contributed by atoms with van der Waals surface area (Å²) in [5.74, 6) is 1.20. The smallest absolute Gasteiger partial charge is 0.101 e. The Bertz CT molecular complexity index is 281. The highest BCUT2D eigenvalue weighted by Gasteiger charge is 2.27. The largest absolute Gasteiger partial charge is 0.386 e. The van der Waals surface area contributed by atoms with Crippen LogP contribution in [0.2, 0.25) is 0 Å². The third kappa shape index (κ3) is 2.12. The topological polar surface area (TPSA) is 20.2 Å². The van der Waals surface area contributed by atoms with Crippen molar-refractivity contribution < 1.29 is 5.11 Å². The standard InChI is InChI=1S/C9H11BrOS2/c10-6-3-5-13-9(6)8(11)7-2-1-4-12-7/h3,5,7-8,11H,1-2,4H2. The van der Waals surface area contributed by atoms with E-state index in [-0.39, 0.29) is 6.10 Å². The summed E-state index contributed by atoms with van der Waals surface area (Å²) >= 11 is 6.98. The van der Waals surface area contributed by atoms with E-state index in [0.29, 0.717) is 5.25 Å². The molecule has 4 heteroatoms. The Morgan fingerprint density at radius 1 is 1.62 bits per heavy atom. The van der Waals surface area contributed by atoms with Gasteiger partial charge < -0.3 is 5.11 Å². The van der Waals surface area contributed by atoms with E-state index >= 15 is 0 Å². The summed E-state index contributed by atoms with van der Waals surface area (Å²) in [5.41, 5.74) is 0. The first-order chi connectivity index (χ1) is 6.29. The molecule has 1 N–H and O–H groups in total. The van der Waals surface area contributed by atoms with E-state index in [2.05, 4.69) is 15.9 Å². The lowest BCUT2D eigenvalue weighted by Gasteiger charge is -2.15. The molecule has 2 heterocycles. The molecule has 2 unspecified atom stereocenters. The van der Waals surface area contributed by atoms with Crippen molar-refractivity contribution in [2.45, 2.75) is 24.2 Å². The van der Waals surface area contributed by atoms with Crippen molar-refractivity contribution in [2.24, 2.45) is 0 Å². The fraction of sp³-hybridized carbons (Fsp3) is 0.556. The van der Waals surface area contributed by atoms with Gasteiger partial charge in [-0.05, 0) is 46.0 Å². The Hall–Kier alpha value is 0.490. The average molecular weight is 279 g/mol. The summed E-state index contributed by atoms with van der Waals surface area (Å²) in [4.78, 5) is 1.08. The summed E-state index contributed by atoms with van der Waals surface area (Å²) in [6.45, 7) is 0. The van der Waals surface area contributed by atoms with Gasteiger partial charge in [0.25, 0.3) is 0 Å². The maximum absolute atomic E-state index is 10.0. The minimum atomic E-state index is -0.276. The van der Waals surface area contributed by atoms with E-state index < -0.39 is 0 Å². The van der Waals surface area contributed by atoms with E-state index in [1.54, 1.807) is 11.3 Å². The zero-order valence-corrected chi connectivity index (χ0v) is 10.3. The maximum atomic E-state index is 10.0. The second kappa shape index (κ2) is 4.34. The molecule has 0 aromatic carbocycles. The fourth-order valence-electron chi connectivity index (χ4n) is 1.54. The third-order valence-electron chi connectivity index (χ3n) is 2.23. The summed E-state index contributed by atoms with van der Waals surface area (Å²) in [5, 5.41) is 12.5. The van der Waals surface area contributed by atoms with Crippen LogP contribution < -0.4 is 0 Å². The predicted octanol–water partition coefficient (Wildman–Crippen LogP) is 3.44. The molecule has 1 aliphatic heterocycles. The van der Waals surface area contributed by atoms with Gasteiger partial charge in [-0.15, -0.1) is 11.3 Å². The first-order valence-corrected chi connectivity index (χ1v) is 7.04. The van der Waals surface area contributed by atoms with E-state index in [9.17, 15) is 5.11 Å². The van der Waals surface area contributed by atoms with Crippen LogP contribution in [0.1, 0.15) is 23.8 Å². The zero-order chi connectivity index (χ0) is 9.26. The van der Waals surface area contributed by atoms with Crippen LogP contribution in [-0.2, 0) is 0 Å². The molecule has 72 valence electrons. The molecular weight excluding hydrogens is 268 g/mol. The first-order valence-electron chi connectivity index (χ1n) is 4.31. The molecule has 0 saturated carbocycles. The number of aliphatic hydroxyl groups is 1. The quantitative estimate of drug-likeness (QED) is 0.895. The molecule has 1 nitrogen and oxygen atoms in total. The van der Waals surface area contributed by atoms with Crippen molar-refractivity contribution in [1.29, 1.82) is 0 Å². The van der Waals surface area contributed by atoms with Crippen LogP contribution in [0.3, 0.4) is 0 Å². The molecule has 13 heavy (non-hydrogen) atoms. The normalized spacial score (nSPS) is 24.9. The number of halogens is 1. The number of hydrogen-bond donors (Lipinski definition) is 1. The lowest BCUT2D eigenvalue weighted by molar-refractivity contribution is 0.176. The van der Waals surface area contributed by atoms with Gasteiger partial charge in [-0.2, -0.15) is 11.8 Å². The van der Waals surface area contributed by atoms with Crippen molar-refractivity contribution >= 4 is 39.0 Å². The van der Waals surface area contributed by atoms with E-state index in [1.807, 2.05) is 23.2 Å². The second-order valence-electron chi connectivity index (χ2n) is 3.13. The Balaban J connectivity index is 2.12. The van der Waals surface area contributed by atoms with Crippen LogP contribution in [-0.4, -0.2) is 16.1 Å². The van der Waals surface area contributed by atoms with Crippen LogP contribution in [0.5, 0.6) is 0 Å². The average Bonchev–Trinajstić information content (AvgIpc) is 2.72. The van der Waals surface area contributed by atoms with Gasteiger partial charge in [0.2, 0.25) is 0 Å². The van der Waals surface area contributed by atoms with Crippen LogP contribution in [0.25, 0.3) is 0 Å². The monoisotopic (exact) mass is 278 g/mol. The number of hydrogen-bond acceptors (Lipinski definition) is 3. The molecule has 0 radical (unpaired) electrons. The molecule has 0 spiro atoms. The lowest BCUT2D eigenvalue weighted by atomic mass is 10.1. The lowest BCUT2D eigenvalue weighted by Crippen LogP contribution is -2.10. The van der Waals surface area contributed by atoms with Crippen LogP contribution >= 0.6 is 39.0 Å². The zero-order valence-electron chi connectivity index (χ0n) is 7.07. The minimum absolute atomic E-state index is 0.276. The molecule has 1 aromatic rings. The van der Waals surface area contributed by atoms with Crippen molar-refractivity contribution in [3.8, 4) is 0 Å². The van der Waals surface area contributed by atoms with Gasteiger partial charge >= 0.3 is 0 Å². The number of thioether (sulfide) groups is 1. The highest BCUT2D eigenvalue weighted by Crippen LogP contribution is 2.40. The molecule has 0 aliphatic carbocycles. The number of thiophene rings is 1. The summed E-state index contributed by atoms with van der Waals surface area (Å²) < 4.78 is 1.05. The first kappa shape index (κ1) is 10.0. The summed E-state index contributed by atoms with van der Waals surface area (Å²) in [6, 6.07) is 2.00. The van der Waals surface area contributed by atoms with Crippen molar-refractivity contribution in [3.63, 3.8) is 0 Å². The van der Waals surface area contributed by atoms with Crippen molar-refractivity contribution in [1.82, 2.24) is 0 Å². The molecule has 0 bridgehead atoms. The van der Waals surface area contributed by atoms with Crippen molar-refractivity contribution in [3.05, 3.63) is 20.8 Å². The van der Waals surface area contributed by atoms with Crippen LogP contribution in [0, 0.1) is 0 Å². The highest BCUT2D eigenvalue weighted by molar-refractivity contribution is 9.10. The van der Waals surface area contributed by atoms with Crippen molar-refractivity contribution in [2.75, 3.05) is 5.75 Å². The van der Waals surface area contributed by atoms with Gasteiger partial charge in [0.1, 0.15) is 6.10 Å². The Morgan fingerprint density at radius 2 is 2.46 bits per heavy atom. The number of rotatable bonds is 2. The SMILES string of the molecule is OC(c1sccc1Br)C1CCCS1. The number of aliphatic hydroxyl groups excluding tert-OH is 1. The Labute approximate surface area is 94.7 Å². The highest BCUT2D eigenvalue weighted by atomic mass is 79.9. The minimum Gasteiger partial charge on any atom is -0.386 e. The van der Waals surface area contributed by atoms with Gasteiger partial charge in [-0.25, -0.2) is 0 Å². The van der Waals surface area contributed by atoms with Crippen LogP contribution in [0.15, 0.2) is 15.9 Å². The van der Waals surface area contributed by atoms with E-state index in [0.717, 1.165) is 15.8 Å². The van der Waals surface area contributed by atoms with Gasteiger partial charge in [-0.1, -0.05) is 0 Å². The van der Waals surface area contributed by atoms with E-state index in [1.165, 1.54) is 12.2 Å². The molecule has 2 rings (SSSR count). The fourth-order valence-corrected chi connectivity index (χ4v) is 4.57. The molecule has 1 saturated heterocycles. The predicted molar refractivity (Wildman–Crippen MR) is 62.5 cm³/mol. The third-order valence-corrected chi connectivity index (χ3v) is 5.62.